The van der Waals surface area contributed by atoms with Gasteiger partial charge < -0.3 is 4.98 Å². The van der Waals surface area contributed by atoms with Crippen molar-refractivity contribution in [1.82, 2.24) is 4.98 Å². The van der Waals surface area contributed by atoms with E-state index in [0.29, 0.717) is 5.41 Å². The van der Waals surface area contributed by atoms with Gasteiger partial charge in [0.05, 0.1) is 0 Å². The number of hydrogen-bond acceptors (Lipinski definition) is 1. The van der Waals surface area contributed by atoms with Crippen LogP contribution in [0.25, 0.3) is 0 Å². The lowest BCUT2D eigenvalue weighted by atomic mass is 9.86. The fourth-order valence-electron chi connectivity index (χ4n) is 3.64. The fraction of sp³-hybridized carbons (Fsp3) is 0.765. The Labute approximate surface area is 120 Å². The Balaban J connectivity index is 2.15. The van der Waals surface area contributed by atoms with Gasteiger partial charge in [0.25, 0.3) is 0 Å². The second-order valence-corrected chi connectivity index (χ2v) is 11.9. The maximum Gasteiger partial charge on any atom is 0.151 e. The molecule has 0 unspecified atom stereocenters. The lowest BCUT2D eigenvalue weighted by molar-refractivity contribution is 0.414. The first kappa shape index (κ1) is 15.1. The summed E-state index contributed by atoms with van der Waals surface area (Å²) in [6, 6.07) is 0.776. The predicted molar refractivity (Wildman–Crippen MR) is 87.7 cm³/mol. The Morgan fingerprint density at radius 3 is 2.32 bits per heavy atom. The van der Waals surface area contributed by atoms with Gasteiger partial charge in [-0.05, 0) is 29.9 Å². The van der Waals surface area contributed by atoms with Crippen LogP contribution in [0, 0.1) is 5.41 Å². The van der Waals surface area contributed by atoms with E-state index in [1.807, 2.05) is 0 Å². The summed E-state index contributed by atoms with van der Waals surface area (Å²) < 4.78 is 0. The Bertz CT molecular complexity index is 379. The van der Waals surface area contributed by atoms with Crippen molar-refractivity contribution in [1.29, 1.82) is 0 Å². The van der Waals surface area contributed by atoms with E-state index in [-0.39, 0.29) is 0 Å². The zero-order valence-corrected chi connectivity index (χ0v) is 14.5. The van der Waals surface area contributed by atoms with Crippen molar-refractivity contribution in [2.45, 2.75) is 78.4 Å². The molecule has 0 atom stereocenters. The van der Waals surface area contributed by atoms with Gasteiger partial charge in [-0.1, -0.05) is 70.9 Å². The van der Waals surface area contributed by atoms with E-state index in [4.69, 9.17) is 0 Å². The van der Waals surface area contributed by atoms with Gasteiger partial charge in [-0.2, -0.15) is 0 Å². The molecule has 0 aromatic heterocycles. The van der Waals surface area contributed by atoms with Crippen LogP contribution < -0.4 is 4.98 Å². The summed E-state index contributed by atoms with van der Waals surface area (Å²) in [7, 11) is -1.49. The third-order valence-electron chi connectivity index (χ3n) is 4.68. The van der Waals surface area contributed by atoms with Crippen LogP contribution in [0.3, 0.4) is 0 Å². The SMILES string of the molecule is CC(C)(C)C1=C([Si](C)(C)NC2CCCCC2)C=CC1. The molecule has 19 heavy (non-hydrogen) atoms. The zero-order valence-electron chi connectivity index (χ0n) is 13.5. The van der Waals surface area contributed by atoms with Gasteiger partial charge in [-0.25, -0.2) is 0 Å². The number of hydrogen-bond donors (Lipinski definition) is 1. The summed E-state index contributed by atoms with van der Waals surface area (Å²) in [4.78, 5) is 4.07. The zero-order chi connectivity index (χ0) is 14.1. The lowest BCUT2D eigenvalue weighted by Gasteiger charge is -2.35. The van der Waals surface area contributed by atoms with Crippen molar-refractivity contribution in [2.75, 3.05) is 0 Å². The third kappa shape index (κ3) is 3.60. The Morgan fingerprint density at radius 1 is 1.11 bits per heavy atom. The van der Waals surface area contributed by atoms with E-state index < -0.39 is 8.24 Å². The van der Waals surface area contributed by atoms with Gasteiger partial charge in [0.1, 0.15) is 0 Å². The molecule has 2 rings (SSSR count). The maximum absolute atomic E-state index is 4.07. The molecule has 2 aliphatic carbocycles. The number of allylic oxidation sites excluding steroid dienone is 4. The Morgan fingerprint density at radius 2 is 1.74 bits per heavy atom. The van der Waals surface area contributed by atoms with Gasteiger partial charge >= 0.3 is 0 Å². The van der Waals surface area contributed by atoms with Gasteiger partial charge in [0, 0.05) is 6.04 Å². The van der Waals surface area contributed by atoms with Crippen molar-refractivity contribution in [3.05, 3.63) is 22.9 Å². The molecular formula is C17H31NSi. The van der Waals surface area contributed by atoms with E-state index in [0.717, 1.165) is 6.04 Å². The summed E-state index contributed by atoms with van der Waals surface area (Å²) in [5.74, 6) is 0. The quantitative estimate of drug-likeness (QED) is 0.719. The van der Waals surface area contributed by atoms with Crippen LogP contribution in [0.2, 0.25) is 13.1 Å². The smallest absolute Gasteiger partial charge is 0.151 e. The first-order chi connectivity index (χ1) is 8.81. The molecule has 0 saturated heterocycles. The van der Waals surface area contributed by atoms with E-state index >= 15 is 0 Å². The highest BCUT2D eigenvalue weighted by atomic mass is 28.3. The Hall–Kier alpha value is -0.343. The van der Waals surface area contributed by atoms with Crippen LogP contribution in [0.5, 0.6) is 0 Å². The lowest BCUT2D eigenvalue weighted by Crippen LogP contribution is -2.52. The van der Waals surface area contributed by atoms with Crippen molar-refractivity contribution >= 4 is 8.24 Å². The molecular weight excluding hydrogens is 246 g/mol. The molecule has 0 aromatic carbocycles. The fourth-order valence-corrected chi connectivity index (χ4v) is 6.87. The molecule has 0 amide bonds. The van der Waals surface area contributed by atoms with Crippen LogP contribution >= 0.6 is 0 Å². The highest BCUT2D eigenvalue weighted by Crippen LogP contribution is 2.38. The normalized spacial score (nSPS) is 22.4. The molecule has 2 heteroatoms. The minimum Gasteiger partial charge on any atom is -0.331 e. The summed E-state index contributed by atoms with van der Waals surface area (Å²) in [5.41, 5.74) is 1.99. The van der Waals surface area contributed by atoms with Crippen LogP contribution in [0.1, 0.15) is 59.3 Å². The van der Waals surface area contributed by atoms with Crippen molar-refractivity contribution < 1.29 is 0 Å². The summed E-state index contributed by atoms with van der Waals surface area (Å²) in [6.45, 7) is 12.1. The molecule has 1 nitrogen and oxygen atoms in total. The van der Waals surface area contributed by atoms with Gasteiger partial charge in [-0.3, -0.25) is 0 Å². The standard InChI is InChI=1S/C17H31NSi/c1-17(2,3)15-12-9-13-16(15)19(4,5)18-14-10-7-6-8-11-14/h9,13-14,18H,6-8,10-12H2,1-5H3. The molecule has 0 bridgehead atoms. The molecule has 108 valence electrons. The maximum atomic E-state index is 4.07. The second kappa shape index (κ2) is 5.57. The topological polar surface area (TPSA) is 12.0 Å². The minimum absolute atomic E-state index is 0.317. The first-order valence-electron chi connectivity index (χ1n) is 7.99. The Kier molecular flexibility index (Phi) is 4.41. The summed E-state index contributed by atoms with van der Waals surface area (Å²) >= 11 is 0. The monoisotopic (exact) mass is 277 g/mol. The van der Waals surface area contributed by atoms with Gasteiger partial charge in [-0.15, -0.1) is 0 Å². The van der Waals surface area contributed by atoms with E-state index in [1.165, 1.54) is 38.5 Å². The van der Waals surface area contributed by atoms with Gasteiger partial charge in [0.15, 0.2) is 8.24 Å². The highest BCUT2D eigenvalue weighted by Gasteiger charge is 2.34. The van der Waals surface area contributed by atoms with E-state index in [9.17, 15) is 0 Å². The molecule has 0 radical (unpaired) electrons. The third-order valence-corrected chi connectivity index (χ3v) is 7.63. The van der Waals surface area contributed by atoms with Crippen LogP contribution in [0.15, 0.2) is 22.9 Å². The first-order valence-corrected chi connectivity index (χ1v) is 11.0. The molecule has 0 aromatic rings. The number of rotatable bonds is 3. The average molecular weight is 278 g/mol. The van der Waals surface area contributed by atoms with Crippen LogP contribution in [-0.2, 0) is 0 Å². The average Bonchev–Trinajstić information content (AvgIpc) is 2.78. The molecule has 0 aliphatic heterocycles. The highest BCUT2D eigenvalue weighted by molar-refractivity contribution is 6.83. The molecule has 0 spiro atoms. The van der Waals surface area contributed by atoms with Crippen molar-refractivity contribution in [3.63, 3.8) is 0 Å². The van der Waals surface area contributed by atoms with Crippen LogP contribution in [0.4, 0.5) is 0 Å². The minimum atomic E-state index is -1.49. The molecule has 2 aliphatic rings. The number of nitrogens with one attached hydrogen (secondary N) is 1. The van der Waals surface area contributed by atoms with Gasteiger partial charge in [0.2, 0.25) is 0 Å². The van der Waals surface area contributed by atoms with Crippen molar-refractivity contribution in [3.8, 4) is 0 Å². The molecule has 1 N–H and O–H groups in total. The summed E-state index contributed by atoms with van der Waals surface area (Å²) in [5, 5.41) is 1.67. The molecule has 1 fully saturated rings. The van der Waals surface area contributed by atoms with E-state index in [1.54, 1.807) is 10.8 Å². The molecule has 0 heterocycles. The van der Waals surface area contributed by atoms with E-state index in [2.05, 4.69) is 51.0 Å². The largest absolute Gasteiger partial charge is 0.331 e. The second-order valence-electron chi connectivity index (χ2n) is 7.85. The van der Waals surface area contributed by atoms with Crippen LogP contribution in [-0.4, -0.2) is 14.3 Å². The molecule has 1 saturated carbocycles. The summed E-state index contributed by atoms with van der Waals surface area (Å²) in [6.07, 6.45) is 13.0. The van der Waals surface area contributed by atoms with Crippen molar-refractivity contribution in [2.24, 2.45) is 5.41 Å². The predicted octanol–water partition coefficient (Wildman–Crippen LogP) is 4.96.